The third-order valence-corrected chi connectivity index (χ3v) is 8.42. The average Bonchev–Trinajstić information content (AvgIpc) is 3.15. The van der Waals surface area contributed by atoms with E-state index in [2.05, 4.69) is 97.2 Å². The van der Waals surface area contributed by atoms with Gasteiger partial charge in [0.15, 0.2) is 0 Å². The highest BCUT2D eigenvalue weighted by Gasteiger charge is 2.52. The molecule has 5 heteroatoms. The van der Waals surface area contributed by atoms with Crippen molar-refractivity contribution in [1.29, 1.82) is 0 Å². The molecule has 1 spiro atoms. The van der Waals surface area contributed by atoms with E-state index in [0.717, 1.165) is 32.1 Å². The van der Waals surface area contributed by atoms with Crippen LogP contribution >= 0.6 is 0 Å². The maximum atomic E-state index is 5.88. The molecule has 0 atom stereocenters. The predicted molar refractivity (Wildman–Crippen MR) is 139 cm³/mol. The molecule has 0 amide bonds. The Morgan fingerprint density at radius 2 is 1.56 bits per heavy atom. The second-order valence-corrected chi connectivity index (χ2v) is 11.2. The Bertz CT molecular complexity index is 918. The lowest BCUT2D eigenvalue weighted by molar-refractivity contribution is -0.0472. The van der Waals surface area contributed by atoms with Crippen LogP contribution < -0.4 is 4.74 Å². The van der Waals surface area contributed by atoms with Gasteiger partial charge in [-0.15, -0.1) is 0 Å². The summed E-state index contributed by atoms with van der Waals surface area (Å²) >= 11 is 0. The smallest absolute Gasteiger partial charge is 0.118 e. The molecule has 2 aromatic carbocycles. The SMILES string of the molecule is COc1ccc(CN2CN(CC(C)(C)OC)[C@]3(CC[C@@](c4ccccc4)(N(C)C)CC3)C2)cc1. The van der Waals surface area contributed by atoms with E-state index in [1.807, 2.05) is 7.11 Å². The highest BCUT2D eigenvalue weighted by molar-refractivity contribution is 5.28. The summed E-state index contributed by atoms with van der Waals surface area (Å²) in [6.45, 7) is 8.43. The highest BCUT2D eigenvalue weighted by Crippen LogP contribution is 2.49. The molecule has 0 unspecified atom stereocenters. The molecule has 0 radical (unpaired) electrons. The van der Waals surface area contributed by atoms with Crippen molar-refractivity contribution in [3.63, 3.8) is 0 Å². The number of benzene rings is 2. The van der Waals surface area contributed by atoms with Crippen LogP contribution in [0.4, 0.5) is 0 Å². The van der Waals surface area contributed by atoms with Gasteiger partial charge in [0, 0.05) is 37.8 Å². The van der Waals surface area contributed by atoms with Crippen LogP contribution in [0.5, 0.6) is 5.75 Å². The standard InChI is InChI=1S/C29H43N3O2/c1-27(2,34-6)21-32-23-31(20-24-12-14-26(33-5)15-13-24)22-28(32)16-18-29(19-17-28,30(3)4)25-10-8-7-9-11-25/h7-15H,16-23H2,1-6H3/t28-,29+. The van der Waals surface area contributed by atoms with E-state index in [4.69, 9.17) is 9.47 Å². The molecule has 4 rings (SSSR count). The summed E-state index contributed by atoms with van der Waals surface area (Å²) in [6, 6.07) is 19.6. The van der Waals surface area contributed by atoms with Crippen molar-refractivity contribution >= 4 is 0 Å². The molecule has 186 valence electrons. The molecule has 0 N–H and O–H groups in total. The normalized spacial score (nSPS) is 26.4. The number of methoxy groups -OCH3 is 2. The summed E-state index contributed by atoms with van der Waals surface area (Å²) in [5.41, 5.74) is 2.92. The van der Waals surface area contributed by atoms with Crippen molar-refractivity contribution in [2.45, 2.75) is 62.8 Å². The molecule has 1 aliphatic carbocycles. The average molecular weight is 466 g/mol. The minimum Gasteiger partial charge on any atom is -0.497 e. The number of rotatable bonds is 8. The molecule has 34 heavy (non-hydrogen) atoms. The first-order valence-electron chi connectivity index (χ1n) is 12.6. The minimum atomic E-state index is -0.168. The zero-order chi connectivity index (χ0) is 24.4. The largest absolute Gasteiger partial charge is 0.497 e. The summed E-state index contributed by atoms with van der Waals surface area (Å²) in [7, 11) is 8.06. The fourth-order valence-corrected chi connectivity index (χ4v) is 6.14. The van der Waals surface area contributed by atoms with Crippen LogP contribution in [0.1, 0.15) is 50.7 Å². The summed E-state index contributed by atoms with van der Waals surface area (Å²) in [5.74, 6) is 0.915. The van der Waals surface area contributed by atoms with Crippen molar-refractivity contribution < 1.29 is 9.47 Å². The fourth-order valence-electron chi connectivity index (χ4n) is 6.14. The molecular weight excluding hydrogens is 422 g/mol. The van der Waals surface area contributed by atoms with E-state index in [1.165, 1.54) is 36.8 Å². The third-order valence-electron chi connectivity index (χ3n) is 8.42. The molecule has 5 nitrogen and oxygen atoms in total. The van der Waals surface area contributed by atoms with E-state index in [9.17, 15) is 0 Å². The van der Waals surface area contributed by atoms with E-state index in [-0.39, 0.29) is 16.7 Å². The van der Waals surface area contributed by atoms with Gasteiger partial charge in [-0.1, -0.05) is 42.5 Å². The first-order chi connectivity index (χ1) is 16.2. The van der Waals surface area contributed by atoms with Gasteiger partial charge in [0.05, 0.1) is 19.4 Å². The van der Waals surface area contributed by atoms with Gasteiger partial charge in [0.2, 0.25) is 0 Å². The number of hydrogen-bond acceptors (Lipinski definition) is 5. The van der Waals surface area contributed by atoms with E-state index in [0.29, 0.717) is 0 Å². The van der Waals surface area contributed by atoms with Crippen LogP contribution in [-0.4, -0.2) is 73.9 Å². The Hall–Kier alpha value is -1.92. The van der Waals surface area contributed by atoms with Crippen LogP contribution in [-0.2, 0) is 16.8 Å². The molecule has 2 fully saturated rings. The van der Waals surface area contributed by atoms with Crippen LogP contribution in [0.2, 0.25) is 0 Å². The van der Waals surface area contributed by atoms with Crippen molar-refractivity contribution in [3.8, 4) is 5.75 Å². The Kier molecular flexibility index (Phi) is 7.39. The number of nitrogens with zero attached hydrogens (tertiary/aromatic N) is 3. The molecule has 2 aliphatic rings. The summed E-state index contributed by atoms with van der Waals surface area (Å²) in [5, 5.41) is 0. The Morgan fingerprint density at radius 1 is 0.912 bits per heavy atom. The second-order valence-electron chi connectivity index (χ2n) is 11.2. The van der Waals surface area contributed by atoms with Gasteiger partial charge in [0.25, 0.3) is 0 Å². The first-order valence-corrected chi connectivity index (χ1v) is 12.6. The lowest BCUT2D eigenvalue weighted by Gasteiger charge is -2.52. The van der Waals surface area contributed by atoms with Crippen molar-refractivity contribution in [1.82, 2.24) is 14.7 Å². The molecule has 1 heterocycles. The minimum absolute atomic E-state index is 0.109. The molecule has 0 aromatic heterocycles. The summed E-state index contributed by atoms with van der Waals surface area (Å²) in [4.78, 5) is 7.81. The topological polar surface area (TPSA) is 28.2 Å². The second kappa shape index (κ2) is 9.98. The van der Waals surface area contributed by atoms with E-state index < -0.39 is 0 Å². The molecule has 0 bridgehead atoms. The lowest BCUT2D eigenvalue weighted by Crippen LogP contribution is -2.57. The van der Waals surface area contributed by atoms with Gasteiger partial charge in [-0.05, 0) is 76.9 Å². The van der Waals surface area contributed by atoms with Crippen LogP contribution in [0, 0.1) is 0 Å². The van der Waals surface area contributed by atoms with Crippen LogP contribution in [0.15, 0.2) is 54.6 Å². The summed E-state index contributed by atoms with van der Waals surface area (Å²) in [6.07, 6.45) is 4.73. The van der Waals surface area contributed by atoms with Crippen LogP contribution in [0.25, 0.3) is 0 Å². The quantitative estimate of drug-likeness (QED) is 0.549. The van der Waals surface area contributed by atoms with Gasteiger partial charge in [-0.25, -0.2) is 0 Å². The van der Waals surface area contributed by atoms with Crippen molar-refractivity contribution in [2.75, 3.05) is 48.1 Å². The number of hydrogen-bond donors (Lipinski definition) is 0. The van der Waals surface area contributed by atoms with Crippen molar-refractivity contribution in [3.05, 3.63) is 65.7 Å². The Morgan fingerprint density at radius 3 is 2.12 bits per heavy atom. The van der Waals surface area contributed by atoms with Gasteiger partial charge >= 0.3 is 0 Å². The Labute approximate surface area is 206 Å². The fraction of sp³-hybridized carbons (Fsp3) is 0.586. The van der Waals surface area contributed by atoms with Gasteiger partial charge < -0.3 is 9.47 Å². The molecule has 1 saturated carbocycles. The predicted octanol–water partition coefficient (Wildman–Crippen LogP) is 4.97. The highest BCUT2D eigenvalue weighted by atomic mass is 16.5. The molecule has 1 saturated heterocycles. The van der Waals surface area contributed by atoms with E-state index in [1.54, 1.807) is 7.11 Å². The first kappa shape index (κ1) is 25.2. The van der Waals surface area contributed by atoms with E-state index >= 15 is 0 Å². The maximum Gasteiger partial charge on any atom is 0.118 e. The van der Waals surface area contributed by atoms with Gasteiger partial charge in [-0.2, -0.15) is 0 Å². The maximum absolute atomic E-state index is 5.88. The third kappa shape index (κ3) is 5.03. The van der Waals surface area contributed by atoms with Crippen LogP contribution in [0.3, 0.4) is 0 Å². The molecule has 1 aliphatic heterocycles. The van der Waals surface area contributed by atoms with Crippen molar-refractivity contribution in [2.24, 2.45) is 0 Å². The Balaban J connectivity index is 1.56. The lowest BCUT2D eigenvalue weighted by atomic mass is 9.68. The summed E-state index contributed by atoms with van der Waals surface area (Å²) < 4.78 is 11.2. The monoisotopic (exact) mass is 465 g/mol. The number of ether oxygens (including phenoxy) is 2. The molecule has 2 aromatic rings. The zero-order valence-corrected chi connectivity index (χ0v) is 22.0. The van der Waals surface area contributed by atoms with Gasteiger partial charge in [0.1, 0.15) is 5.75 Å². The zero-order valence-electron chi connectivity index (χ0n) is 22.0. The molecular formula is C29H43N3O2. The van der Waals surface area contributed by atoms with Gasteiger partial charge in [-0.3, -0.25) is 14.7 Å².